The summed E-state index contributed by atoms with van der Waals surface area (Å²) >= 11 is 5.98. The van der Waals surface area contributed by atoms with Crippen LogP contribution in [-0.4, -0.2) is 32.2 Å². The average molecular weight is 465 g/mol. The van der Waals surface area contributed by atoms with Crippen LogP contribution in [0.2, 0.25) is 5.02 Å². The Kier molecular flexibility index (Phi) is 7.01. The van der Waals surface area contributed by atoms with E-state index in [4.69, 9.17) is 11.6 Å². The predicted octanol–water partition coefficient (Wildman–Crippen LogP) is 3.16. The number of benzene rings is 2. The van der Waals surface area contributed by atoms with Gasteiger partial charge in [-0.15, -0.1) is 0 Å². The van der Waals surface area contributed by atoms with E-state index in [-0.39, 0.29) is 17.4 Å². The van der Waals surface area contributed by atoms with Crippen molar-refractivity contribution >= 4 is 34.3 Å². The summed E-state index contributed by atoms with van der Waals surface area (Å²) < 4.78 is 0. The van der Waals surface area contributed by atoms with Crippen LogP contribution in [0.4, 0.5) is 0 Å². The number of aromatic nitrogens is 3. The highest BCUT2D eigenvalue weighted by molar-refractivity contribution is 6.30. The summed E-state index contributed by atoms with van der Waals surface area (Å²) in [7, 11) is 0. The fourth-order valence-corrected chi connectivity index (χ4v) is 4.00. The molecule has 8 nitrogen and oxygen atoms in total. The third kappa shape index (κ3) is 4.52. The minimum Gasteiger partial charge on any atom is -0.550 e. The molecule has 0 radical (unpaired) electrons. The molecule has 1 unspecified atom stereocenters. The molecular formula is C24H21ClN4O4. The van der Waals surface area contributed by atoms with Crippen molar-refractivity contribution in [3.63, 3.8) is 0 Å². The van der Waals surface area contributed by atoms with E-state index in [2.05, 4.69) is 15.2 Å². The number of rotatable bonds is 7. The molecule has 4 aromatic rings. The molecule has 5 N–H and O–H groups in total. The van der Waals surface area contributed by atoms with E-state index in [9.17, 15) is 19.8 Å². The molecule has 33 heavy (non-hydrogen) atoms. The zero-order valence-electron chi connectivity index (χ0n) is 17.7. The highest BCUT2D eigenvalue weighted by Gasteiger charge is 2.45. The summed E-state index contributed by atoms with van der Waals surface area (Å²) in [6, 6.07) is 16.8. The van der Waals surface area contributed by atoms with Crippen LogP contribution in [0.3, 0.4) is 0 Å². The number of carbonyl (C=O) groups excluding carboxylic acids is 1. The molecule has 0 amide bonds. The fourth-order valence-electron chi connectivity index (χ4n) is 3.87. The van der Waals surface area contributed by atoms with E-state index >= 15 is 0 Å². The van der Waals surface area contributed by atoms with Gasteiger partial charge in [0.2, 0.25) is 0 Å². The second-order valence-corrected chi connectivity index (χ2v) is 7.78. The molecule has 0 fully saturated rings. The van der Waals surface area contributed by atoms with Crippen molar-refractivity contribution in [2.45, 2.75) is 18.3 Å². The lowest BCUT2D eigenvalue weighted by atomic mass is 9.73. The Morgan fingerprint density at radius 1 is 0.939 bits per heavy atom. The third-order valence-corrected chi connectivity index (χ3v) is 5.65. The van der Waals surface area contributed by atoms with Crippen LogP contribution in [-0.2, 0) is 21.4 Å². The number of quaternary nitrogens is 1. The zero-order chi connectivity index (χ0) is 22.7. The number of halogens is 1. The van der Waals surface area contributed by atoms with Crippen molar-refractivity contribution in [3.8, 4) is 0 Å². The first-order chi connectivity index (χ1) is 15.4. The number of hydrogen-bond acceptors (Lipinski definition) is 6. The van der Waals surface area contributed by atoms with E-state index in [1.165, 1.54) is 24.3 Å². The van der Waals surface area contributed by atoms with Crippen molar-refractivity contribution < 1.29 is 19.8 Å². The summed E-state index contributed by atoms with van der Waals surface area (Å²) in [5.41, 5.74) is -0.153. The van der Waals surface area contributed by atoms with Gasteiger partial charge in [0.05, 0.1) is 11.4 Å². The monoisotopic (exact) mass is 464 g/mol. The number of fused-ring (bicyclic) bond motifs is 1. The van der Waals surface area contributed by atoms with Crippen LogP contribution in [0.25, 0.3) is 10.8 Å². The average Bonchev–Trinajstić information content (AvgIpc) is 2.79. The number of carboxylic acid groups (broad SMARTS) is 2. The van der Waals surface area contributed by atoms with Gasteiger partial charge in [-0.1, -0.05) is 48.0 Å². The smallest absolute Gasteiger partial charge is 0.320 e. The van der Waals surface area contributed by atoms with Crippen LogP contribution in [0.15, 0.2) is 73.1 Å². The standard InChI is InChI=1S/C24H18ClN3O4.H3N/c25-17-7-5-16(6-8-17)24(23(31)32,14-21(29)30)22-19-4-2-1-3-18(19)20(27-28-22)13-15-9-11-26-12-10-15;/h1-12H,13-14H2,(H,29,30)(H,31,32);1H3. The zero-order valence-corrected chi connectivity index (χ0v) is 18.5. The van der Waals surface area contributed by atoms with Gasteiger partial charge in [-0.05, 0) is 35.4 Å². The highest BCUT2D eigenvalue weighted by atomic mass is 35.5. The molecule has 1 atom stereocenters. The minimum absolute atomic E-state index is 0. The van der Waals surface area contributed by atoms with Crippen LogP contribution in [0.5, 0.6) is 0 Å². The predicted molar refractivity (Wildman–Crippen MR) is 122 cm³/mol. The lowest BCUT2D eigenvalue weighted by Gasteiger charge is -2.31. The molecule has 4 rings (SSSR count). The van der Waals surface area contributed by atoms with Crippen molar-refractivity contribution in [1.29, 1.82) is 0 Å². The van der Waals surface area contributed by atoms with E-state index in [1.807, 2.05) is 24.3 Å². The SMILES string of the molecule is O=C([O-])CC(C(=O)O)(c1ccc(Cl)cc1)c1nnc(Cc2ccncc2)c2ccccc12.[NH4+]. The number of pyridine rings is 1. The number of hydrogen-bond donors (Lipinski definition) is 2. The van der Waals surface area contributed by atoms with Gasteiger partial charge in [0.1, 0.15) is 5.41 Å². The van der Waals surface area contributed by atoms with Gasteiger partial charge in [-0.25, -0.2) is 0 Å². The lowest BCUT2D eigenvalue weighted by Crippen LogP contribution is -2.44. The minimum atomic E-state index is -2.01. The quantitative estimate of drug-likeness (QED) is 0.425. The Hall–Kier alpha value is -3.88. The summed E-state index contributed by atoms with van der Waals surface area (Å²) in [5, 5.41) is 32.2. The molecule has 0 bridgehead atoms. The van der Waals surface area contributed by atoms with Gasteiger partial charge in [0.25, 0.3) is 0 Å². The van der Waals surface area contributed by atoms with Crippen molar-refractivity contribution in [1.82, 2.24) is 21.3 Å². The molecule has 0 aliphatic heterocycles. The first-order valence-electron chi connectivity index (χ1n) is 9.75. The maximum absolute atomic E-state index is 12.7. The maximum Gasteiger partial charge on any atom is 0.320 e. The Morgan fingerprint density at radius 2 is 1.58 bits per heavy atom. The van der Waals surface area contributed by atoms with E-state index in [0.717, 1.165) is 5.56 Å². The summed E-state index contributed by atoms with van der Waals surface area (Å²) in [6.07, 6.45) is 2.99. The van der Waals surface area contributed by atoms with Crippen LogP contribution >= 0.6 is 11.6 Å². The summed E-state index contributed by atoms with van der Waals surface area (Å²) in [6.45, 7) is 0. The van der Waals surface area contributed by atoms with Gasteiger partial charge < -0.3 is 21.2 Å². The second-order valence-electron chi connectivity index (χ2n) is 7.34. The van der Waals surface area contributed by atoms with Crippen molar-refractivity contribution in [2.75, 3.05) is 0 Å². The van der Waals surface area contributed by atoms with Crippen LogP contribution in [0, 0.1) is 0 Å². The Labute approximate surface area is 194 Å². The first kappa shape index (κ1) is 23.8. The number of carboxylic acids is 2. The first-order valence-corrected chi connectivity index (χ1v) is 10.1. The molecule has 9 heteroatoms. The second kappa shape index (κ2) is 9.72. The van der Waals surface area contributed by atoms with E-state index < -0.39 is 23.8 Å². The summed E-state index contributed by atoms with van der Waals surface area (Å²) in [4.78, 5) is 28.4. The Bertz CT molecular complexity index is 1300. The molecule has 2 aromatic carbocycles. The topological polar surface area (TPSA) is 153 Å². The van der Waals surface area contributed by atoms with Crippen LogP contribution in [0.1, 0.15) is 28.9 Å². The van der Waals surface area contributed by atoms with Gasteiger partial charge in [0, 0.05) is 47.0 Å². The number of carbonyl (C=O) groups is 2. The van der Waals surface area contributed by atoms with Crippen molar-refractivity contribution in [3.05, 3.63) is 101 Å². The highest BCUT2D eigenvalue weighted by Crippen LogP contribution is 2.39. The van der Waals surface area contributed by atoms with E-state index in [1.54, 1.807) is 24.5 Å². The normalized spacial score (nSPS) is 12.5. The summed E-state index contributed by atoms with van der Waals surface area (Å²) in [5.74, 6) is -2.89. The molecule has 2 aromatic heterocycles. The van der Waals surface area contributed by atoms with Gasteiger partial charge >= 0.3 is 5.97 Å². The molecule has 0 spiro atoms. The molecule has 0 saturated carbocycles. The Morgan fingerprint density at radius 3 is 2.18 bits per heavy atom. The molecular weight excluding hydrogens is 444 g/mol. The molecule has 0 aliphatic rings. The number of aliphatic carboxylic acids is 2. The number of nitrogens with zero attached hydrogens (tertiary/aromatic N) is 3. The van der Waals surface area contributed by atoms with Crippen LogP contribution < -0.4 is 11.3 Å². The van der Waals surface area contributed by atoms with Gasteiger partial charge in [0.15, 0.2) is 0 Å². The largest absolute Gasteiger partial charge is 0.550 e. The van der Waals surface area contributed by atoms with Gasteiger partial charge in [-0.3, -0.25) is 9.78 Å². The molecule has 168 valence electrons. The lowest BCUT2D eigenvalue weighted by molar-refractivity contribution is -0.306. The fraction of sp³-hybridized carbons (Fsp3) is 0.125. The van der Waals surface area contributed by atoms with Crippen molar-refractivity contribution in [2.24, 2.45) is 0 Å². The van der Waals surface area contributed by atoms with Gasteiger partial charge in [-0.2, -0.15) is 10.2 Å². The third-order valence-electron chi connectivity index (χ3n) is 5.40. The Balaban J connectivity index is 0.00000306. The maximum atomic E-state index is 12.7. The molecule has 0 saturated heterocycles. The van der Waals surface area contributed by atoms with E-state index in [0.29, 0.717) is 27.9 Å². The molecule has 0 aliphatic carbocycles. The molecule has 2 heterocycles.